The van der Waals surface area contributed by atoms with Crippen LogP contribution in [0.3, 0.4) is 0 Å². The number of hydrogen-bond acceptors (Lipinski definition) is 8. The number of carbonyl (C=O) groups is 1. The van der Waals surface area contributed by atoms with Gasteiger partial charge < -0.3 is 19.3 Å². The lowest BCUT2D eigenvalue weighted by Crippen LogP contribution is -2.33. The van der Waals surface area contributed by atoms with Crippen LogP contribution in [0.2, 0.25) is 0 Å². The zero-order valence-corrected chi connectivity index (χ0v) is 18.3. The number of rotatable bonds is 4. The highest BCUT2D eigenvalue weighted by Crippen LogP contribution is 2.29. The quantitative estimate of drug-likeness (QED) is 0.405. The van der Waals surface area contributed by atoms with Crippen molar-refractivity contribution in [2.45, 2.75) is 18.8 Å². The lowest BCUT2D eigenvalue weighted by atomic mass is 10.1. The lowest BCUT2D eigenvalue weighted by molar-refractivity contribution is -0.275. The Balaban J connectivity index is 0.000000214. The molecular formula is C23H17F4N5O4. The topological polar surface area (TPSA) is 112 Å². The number of nitrogens with zero attached hydrogens (tertiary/aromatic N) is 4. The van der Waals surface area contributed by atoms with Gasteiger partial charge in [0.05, 0.1) is 12.6 Å². The second-order valence-corrected chi connectivity index (χ2v) is 7.22. The van der Waals surface area contributed by atoms with Crippen LogP contribution in [0.5, 0.6) is 11.5 Å². The van der Waals surface area contributed by atoms with Crippen molar-refractivity contribution >= 4 is 5.91 Å². The molecule has 0 saturated heterocycles. The largest absolute Gasteiger partial charge is 0.573 e. The van der Waals surface area contributed by atoms with Gasteiger partial charge in [0, 0.05) is 24.4 Å². The van der Waals surface area contributed by atoms with Crippen LogP contribution >= 0.6 is 0 Å². The number of ether oxygens (including phenoxy) is 2. The maximum absolute atomic E-state index is 12.5. The number of fused-ring (bicyclic) bond motifs is 1. The third-order valence-corrected chi connectivity index (χ3v) is 4.78. The van der Waals surface area contributed by atoms with Gasteiger partial charge in [0.1, 0.15) is 17.1 Å². The molecule has 5 rings (SSSR count). The zero-order valence-electron chi connectivity index (χ0n) is 18.3. The van der Waals surface area contributed by atoms with Gasteiger partial charge in [-0.15, -0.1) is 13.2 Å². The Labute approximate surface area is 201 Å². The fraction of sp³-hybridized carbons (Fsp3) is 0.174. The fourth-order valence-corrected chi connectivity index (χ4v) is 3.19. The summed E-state index contributed by atoms with van der Waals surface area (Å²) in [5, 5.41) is 6.68. The summed E-state index contributed by atoms with van der Waals surface area (Å²) in [4.78, 5) is 24.8. The third kappa shape index (κ3) is 6.31. The number of aromatic nitrogens is 4. The summed E-state index contributed by atoms with van der Waals surface area (Å²) in [6.07, 6.45) is 0.283. The van der Waals surface area contributed by atoms with Crippen molar-refractivity contribution < 1.29 is 36.4 Å². The Kier molecular flexibility index (Phi) is 7.37. The highest BCUT2D eigenvalue weighted by atomic mass is 19.4. The number of halogens is 4. The van der Waals surface area contributed by atoms with E-state index in [-0.39, 0.29) is 11.9 Å². The molecule has 9 nitrogen and oxygen atoms in total. The van der Waals surface area contributed by atoms with E-state index in [1.807, 2.05) is 6.07 Å². The molecule has 0 radical (unpaired) electrons. The van der Waals surface area contributed by atoms with Crippen molar-refractivity contribution in [3.63, 3.8) is 0 Å². The SMILES string of the molecule is Fc1ccccc1OC(F)(F)F.O=C(NC1CCOc2cccnc21)c1ccc(-c2ncon2)cn1. The van der Waals surface area contributed by atoms with Crippen LogP contribution in [0.4, 0.5) is 17.6 Å². The zero-order chi connectivity index (χ0) is 25.5. The van der Waals surface area contributed by atoms with Crippen molar-refractivity contribution in [3.05, 3.63) is 84.5 Å². The number of benzene rings is 1. The summed E-state index contributed by atoms with van der Waals surface area (Å²) in [6, 6.07) is 11.1. The summed E-state index contributed by atoms with van der Waals surface area (Å²) >= 11 is 0. The monoisotopic (exact) mass is 503 g/mol. The van der Waals surface area contributed by atoms with E-state index in [9.17, 15) is 22.4 Å². The van der Waals surface area contributed by atoms with Crippen molar-refractivity contribution in [2.75, 3.05) is 6.61 Å². The molecule has 1 unspecified atom stereocenters. The molecule has 1 amide bonds. The Morgan fingerprint density at radius 3 is 2.58 bits per heavy atom. The highest BCUT2D eigenvalue weighted by Gasteiger charge is 2.32. The summed E-state index contributed by atoms with van der Waals surface area (Å²) in [7, 11) is 0. The van der Waals surface area contributed by atoms with Crippen LogP contribution in [-0.4, -0.2) is 39.0 Å². The molecule has 3 aromatic heterocycles. The minimum Gasteiger partial charge on any atom is -0.491 e. The smallest absolute Gasteiger partial charge is 0.491 e. The second kappa shape index (κ2) is 10.8. The first kappa shape index (κ1) is 24.6. The van der Waals surface area contributed by atoms with E-state index in [0.717, 1.165) is 17.8 Å². The van der Waals surface area contributed by atoms with E-state index < -0.39 is 17.9 Å². The maximum atomic E-state index is 12.5. The molecule has 0 spiro atoms. The Morgan fingerprint density at radius 2 is 1.89 bits per heavy atom. The number of alkyl halides is 3. The van der Waals surface area contributed by atoms with Gasteiger partial charge in [-0.1, -0.05) is 17.3 Å². The van der Waals surface area contributed by atoms with Gasteiger partial charge in [0.2, 0.25) is 12.2 Å². The fourth-order valence-electron chi connectivity index (χ4n) is 3.19. The molecule has 1 atom stereocenters. The molecule has 4 heterocycles. The van der Waals surface area contributed by atoms with Crippen molar-refractivity contribution in [2.24, 2.45) is 0 Å². The van der Waals surface area contributed by atoms with Crippen molar-refractivity contribution in [3.8, 4) is 22.9 Å². The minimum atomic E-state index is -4.85. The Morgan fingerprint density at radius 1 is 1.06 bits per heavy atom. The van der Waals surface area contributed by atoms with Crippen LogP contribution in [-0.2, 0) is 0 Å². The van der Waals surface area contributed by atoms with Gasteiger partial charge in [-0.3, -0.25) is 14.8 Å². The minimum absolute atomic E-state index is 0.193. The number of pyridine rings is 2. The van der Waals surface area contributed by atoms with Gasteiger partial charge in [0.15, 0.2) is 11.6 Å². The van der Waals surface area contributed by atoms with Crippen molar-refractivity contribution in [1.82, 2.24) is 25.4 Å². The molecule has 1 aliphatic rings. The normalized spacial score (nSPS) is 14.5. The number of para-hydroxylation sites is 1. The van der Waals surface area contributed by atoms with Gasteiger partial charge in [-0.05, 0) is 36.4 Å². The molecule has 1 aromatic carbocycles. The first-order chi connectivity index (χ1) is 17.3. The molecule has 13 heteroatoms. The maximum Gasteiger partial charge on any atom is 0.573 e. The molecule has 186 valence electrons. The average molecular weight is 503 g/mol. The van der Waals surface area contributed by atoms with E-state index in [1.54, 1.807) is 24.4 Å². The molecule has 4 aromatic rings. The van der Waals surface area contributed by atoms with Crippen molar-refractivity contribution in [1.29, 1.82) is 0 Å². The number of carbonyl (C=O) groups excluding carboxylic acids is 1. The van der Waals surface area contributed by atoms with Crippen LogP contribution in [0.25, 0.3) is 11.4 Å². The molecular weight excluding hydrogens is 486 g/mol. The standard InChI is InChI=1S/C16H13N5O3.C7H4F4O/c22-16(12-4-3-10(8-18-12)15-19-9-24-21-15)20-11-5-7-23-13-2-1-6-17-14(11)13;8-5-3-1-2-4-6(5)12-7(9,10)11/h1-4,6,8-9,11H,5,7H2,(H,20,22);1-4H. The predicted octanol–water partition coefficient (Wildman–Crippen LogP) is 4.50. The van der Waals surface area contributed by atoms with Crippen LogP contribution < -0.4 is 14.8 Å². The van der Waals surface area contributed by atoms with Gasteiger partial charge in [-0.25, -0.2) is 4.39 Å². The Hall–Kier alpha value is -4.55. The lowest BCUT2D eigenvalue weighted by Gasteiger charge is -2.25. The number of amides is 1. The second-order valence-electron chi connectivity index (χ2n) is 7.22. The third-order valence-electron chi connectivity index (χ3n) is 4.78. The van der Waals surface area contributed by atoms with E-state index >= 15 is 0 Å². The first-order valence-electron chi connectivity index (χ1n) is 10.4. The molecule has 0 fully saturated rings. The molecule has 0 saturated carbocycles. The molecule has 1 N–H and O–H groups in total. The van der Waals surface area contributed by atoms with E-state index in [0.29, 0.717) is 35.9 Å². The molecule has 1 aliphatic heterocycles. The van der Waals surface area contributed by atoms with Gasteiger partial charge >= 0.3 is 6.36 Å². The predicted molar refractivity (Wildman–Crippen MR) is 115 cm³/mol. The summed E-state index contributed by atoms with van der Waals surface area (Å²) in [5.74, 6) is -0.982. The molecule has 0 bridgehead atoms. The van der Waals surface area contributed by atoms with E-state index in [4.69, 9.17) is 9.26 Å². The summed E-state index contributed by atoms with van der Waals surface area (Å²) in [6.45, 7) is 0.536. The summed E-state index contributed by atoms with van der Waals surface area (Å²) in [5.41, 5.74) is 1.73. The van der Waals surface area contributed by atoms with Crippen LogP contribution in [0, 0.1) is 5.82 Å². The van der Waals surface area contributed by atoms with Gasteiger partial charge in [0.25, 0.3) is 5.91 Å². The van der Waals surface area contributed by atoms with Crippen LogP contribution in [0.15, 0.2) is 71.8 Å². The highest BCUT2D eigenvalue weighted by molar-refractivity contribution is 5.92. The Bertz CT molecular complexity index is 1300. The first-order valence-corrected chi connectivity index (χ1v) is 10.4. The van der Waals surface area contributed by atoms with Gasteiger partial charge in [-0.2, -0.15) is 4.98 Å². The molecule has 0 aliphatic carbocycles. The number of nitrogens with one attached hydrogen (secondary N) is 1. The number of hydrogen-bond donors (Lipinski definition) is 1. The van der Waals surface area contributed by atoms with E-state index in [2.05, 4.69) is 30.2 Å². The summed E-state index contributed by atoms with van der Waals surface area (Å²) < 4.78 is 60.7. The molecule has 36 heavy (non-hydrogen) atoms. The van der Waals surface area contributed by atoms with E-state index in [1.165, 1.54) is 24.7 Å². The van der Waals surface area contributed by atoms with Crippen LogP contribution in [0.1, 0.15) is 28.6 Å². The average Bonchev–Trinajstić information content (AvgIpc) is 3.41.